The van der Waals surface area contributed by atoms with Crippen molar-refractivity contribution in [2.45, 2.75) is 0 Å². The number of hydrogen-bond acceptors (Lipinski definition) is 2. The van der Waals surface area contributed by atoms with E-state index >= 15 is 0 Å². The number of benzene rings is 2. The van der Waals surface area contributed by atoms with Crippen LogP contribution in [0.25, 0.3) is 0 Å². The Hall–Kier alpha value is -0.740. The zero-order valence-corrected chi connectivity index (χ0v) is 13.2. The first-order valence-corrected chi connectivity index (χ1v) is 7.06. The predicted molar refractivity (Wildman–Crippen MR) is 83.5 cm³/mol. The Kier molecular flexibility index (Phi) is 4.41. The van der Waals surface area contributed by atoms with Crippen LogP contribution in [0.5, 0.6) is 0 Å². The van der Waals surface area contributed by atoms with E-state index in [4.69, 9.17) is 40.5 Å². The lowest BCUT2D eigenvalue weighted by molar-refractivity contribution is 0.103. The average molecular weight is 379 g/mol. The third-order valence-electron chi connectivity index (χ3n) is 2.42. The molecule has 19 heavy (non-hydrogen) atoms. The van der Waals surface area contributed by atoms with Gasteiger partial charge in [-0.25, -0.2) is 0 Å². The summed E-state index contributed by atoms with van der Waals surface area (Å²) in [6, 6.07) is 7.86. The maximum atomic E-state index is 12.4. The van der Waals surface area contributed by atoms with Crippen LogP contribution in [-0.4, -0.2) is 5.78 Å². The van der Waals surface area contributed by atoms with Gasteiger partial charge in [0.2, 0.25) is 0 Å². The Balaban J connectivity index is 2.56. The Bertz CT molecular complexity index is 630. The normalized spacial score (nSPS) is 10.5. The molecule has 0 aliphatic rings. The molecule has 0 fully saturated rings. The van der Waals surface area contributed by atoms with Gasteiger partial charge in [-0.3, -0.25) is 4.79 Å². The van der Waals surface area contributed by atoms with Crippen LogP contribution >= 0.6 is 50.7 Å². The molecular weight excluding hydrogens is 372 g/mol. The van der Waals surface area contributed by atoms with Crippen molar-refractivity contribution in [3.05, 3.63) is 61.0 Å². The summed E-state index contributed by atoms with van der Waals surface area (Å²) < 4.78 is 0.706. The first-order chi connectivity index (χ1) is 8.88. The smallest absolute Gasteiger partial charge is 0.196 e. The van der Waals surface area contributed by atoms with Crippen molar-refractivity contribution in [3.8, 4) is 0 Å². The number of carbonyl (C=O) groups is 1. The summed E-state index contributed by atoms with van der Waals surface area (Å²) >= 11 is 21.2. The molecule has 2 aromatic rings. The highest BCUT2D eigenvalue weighted by atomic mass is 79.9. The highest BCUT2D eigenvalue weighted by Gasteiger charge is 2.18. The van der Waals surface area contributed by atoms with Gasteiger partial charge in [-0.05, 0) is 30.3 Å². The van der Waals surface area contributed by atoms with E-state index in [2.05, 4.69) is 15.9 Å². The molecule has 0 amide bonds. The number of anilines is 1. The molecule has 98 valence electrons. The Morgan fingerprint density at radius 1 is 1.00 bits per heavy atom. The summed E-state index contributed by atoms with van der Waals surface area (Å²) in [6.07, 6.45) is 0. The van der Waals surface area contributed by atoms with Crippen LogP contribution in [-0.2, 0) is 0 Å². The van der Waals surface area contributed by atoms with E-state index in [0.29, 0.717) is 20.7 Å². The van der Waals surface area contributed by atoms with Crippen LogP contribution in [0.4, 0.5) is 5.69 Å². The topological polar surface area (TPSA) is 43.1 Å². The summed E-state index contributed by atoms with van der Waals surface area (Å²) in [5.41, 5.74) is 6.79. The largest absolute Gasteiger partial charge is 0.399 e. The average Bonchev–Trinajstić information content (AvgIpc) is 2.25. The lowest BCUT2D eigenvalue weighted by Gasteiger charge is -2.08. The second-order valence-electron chi connectivity index (χ2n) is 3.85. The van der Waals surface area contributed by atoms with Crippen LogP contribution in [0.15, 0.2) is 34.8 Å². The number of nitrogen functional groups attached to an aromatic ring is 1. The van der Waals surface area contributed by atoms with Crippen molar-refractivity contribution in [1.29, 1.82) is 0 Å². The van der Waals surface area contributed by atoms with Gasteiger partial charge in [0.25, 0.3) is 0 Å². The lowest BCUT2D eigenvalue weighted by Crippen LogP contribution is -2.04. The first-order valence-electron chi connectivity index (χ1n) is 5.14. The summed E-state index contributed by atoms with van der Waals surface area (Å²) in [5.74, 6) is -0.306. The van der Waals surface area contributed by atoms with Gasteiger partial charge in [0.15, 0.2) is 5.78 Å². The predicted octanol–water partition coefficient (Wildman–Crippen LogP) is 5.22. The third kappa shape index (κ3) is 3.23. The van der Waals surface area contributed by atoms with Crippen molar-refractivity contribution in [3.63, 3.8) is 0 Å². The van der Waals surface area contributed by atoms with E-state index in [9.17, 15) is 4.79 Å². The maximum absolute atomic E-state index is 12.4. The molecule has 0 bridgehead atoms. The highest BCUT2D eigenvalue weighted by Crippen LogP contribution is 2.31. The number of carbonyl (C=O) groups excluding carboxylic acids is 1. The minimum absolute atomic E-state index is 0.209. The van der Waals surface area contributed by atoms with Crippen molar-refractivity contribution < 1.29 is 4.79 Å². The van der Waals surface area contributed by atoms with Crippen LogP contribution in [0.1, 0.15) is 15.9 Å². The molecule has 0 unspecified atom stereocenters. The molecule has 0 saturated carbocycles. The minimum Gasteiger partial charge on any atom is -0.399 e. The van der Waals surface area contributed by atoms with Gasteiger partial charge in [-0.2, -0.15) is 0 Å². The Morgan fingerprint density at radius 3 is 2.11 bits per heavy atom. The molecule has 0 spiro atoms. The van der Waals surface area contributed by atoms with Gasteiger partial charge in [0.1, 0.15) is 0 Å². The molecule has 0 aliphatic heterocycles. The quantitative estimate of drug-likeness (QED) is 0.574. The molecule has 0 aliphatic carbocycles. The Morgan fingerprint density at radius 2 is 1.58 bits per heavy atom. The summed E-state index contributed by atoms with van der Waals surface area (Å²) in [7, 11) is 0. The van der Waals surface area contributed by atoms with Gasteiger partial charge in [0, 0.05) is 20.7 Å². The van der Waals surface area contributed by atoms with Crippen LogP contribution in [0.2, 0.25) is 15.1 Å². The third-order valence-corrected chi connectivity index (χ3v) is 3.69. The molecule has 6 heteroatoms. The van der Waals surface area contributed by atoms with E-state index in [0.717, 1.165) is 0 Å². The molecule has 2 aromatic carbocycles. The molecule has 0 heterocycles. The second-order valence-corrected chi connectivity index (χ2v) is 6.01. The zero-order chi connectivity index (χ0) is 14.2. The number of ketones is 1. The molecule has 0 saturated heterocycles. The highest BCUT2D eigenvalue weighted by molar-refractivity contribution is 9.10. The molecular formula is C13H7BrCl3NO. The summed E-state index contributed by atoms with van der Waals surface area (Å²) in [6.45, 7) is 0. The van der Waals surface area contributed by atoms with Gasteiger partial charge in [-0.1, -0.05) is 50.7 Å². The van der Waals surface area contributed by atoms with Gasteiger partial charge in [-0.15, -0.1) is 0 Å². The first kappa shape index (κ1) is 14.7. The molecule has 0 radical (unpaired) electrons. The van der Waals surface area contributed by atoms with E-state index in [1.165, 1.54) is 12.1 Å². The number of nitrogens with two attached hydrogens (primary N) is 1. The fourth-order valence-electron chi connectivity index (χ4n) is 1.65. The molecule has 2 rings (SSSR count). The number of rotatable bonds is 2. The van der Waals surface area contributed by atoms with Crippen LogP contribution < -0.4 is 5.73 Å². The van der Waals surface area contributed by atoms with Gasteiger partial charge in [0.05, 0.1) is 15.6 Å². The summed E-state index contributed by atoms with van der Waals surface area (Å²) in [4.78, 5) is 12.4. The molecule has 0 aromatic heterocycles. The zero-order valence-electron chi connectivity index (χ0n) is 9.38. The van der Waals surface area contributed by atoms with Crippen molar-refractivity contribution in [2.75, 3.05) is 5.73 Å². The second kappa shape index (κ2) is 5.71. The van der Waals surface area contributed by atoms with E-state index in [1.54, 1.807) is 18.2 Å². The number of halogens is 4. The standard InChI is InChI=1S/C13H7BrCl3NO/c14-7-1-6(2-9(18)3-7)13(19)12-10(16)4-8(15)5-11(12)17/h1-5H,18H2. The lowest BCUT2D eigenvalue weighted by atomic mass is 10.0. The fraction of sp³-hybridized carbons (Fsp3) is 0. The maximum Gasteiger partial charge on any atom is 0.196 e. The molecule has 0 atom stereocenters. The SMILES string of the molecule is Nc1cc(Br)cc(C(=O)c2c(Cl)cc(Cl)cc2Cl)c1. The monoisotopic (exact) mass is 377 g/mol. The number of hydrogen-bond donors (Lipinski definition) is 1. The summed E-state index contributed by atoms with van der Waals surface area (Å²) in [5, 5.41) is 0.794. The molecule has 2 N–H and O–H groups in total. The van der Waals surface area contributed by atoms with Crippen LogP contribution in [0.3, 0.4) is 0 Å². The van der Waals surface area contributed by atoms with Gasteiger partial charge < -0.3 is 5.73 Å². The van der Waals surface area contributed by atoms with E-state index in [-0.39, 0.29) is 21.4 Å². The Labute approximate surface area is 133 Å². The van der Waals surface area contributed by atoms with Crippen molar-refractivity contribution in [2.24, 2.45) is 0 Å². The van der Waals surface area contributed by atoms with E-state index < -0.39 is 0 Å². The fourth-order valence-corrected chi connectivity index (χ4v) is 3.15. The van der Waals surface area contributed by atoms with Crippen molar-refractivity contribution in [1.82, 2.24) is 0 Å². The van der Waals surface area contributed by atoms with Gasteiger partial charge >= 0.3 is 0 Å². The van der Waals surface area contributed by atoms with E-state index in [1.807, 2.05) is 0 Å². The van der Waals surface area contributed by atoms with Crippen LogP contribution in [0, 0.1) is 0 Å². The van der Waals surface area contributed by atoms with Crippen molar-refractivity contribution >= 4 is 62.2 Å². The minimum atomic E-state index is -0.306. The molecule has 2 nitrogen and oxygen atoms in total.